The summed E-state index contributed by atoms with van der Waals surface area (Å²) in [5.74, 6) is -1.41. The molecule has 18 heavy (non-hydrogen) atoms. The van der Waals surface area contributed by atoms with Crippen molar-refractivity contribution in [2.45, 2.75) is 70.0 Å². The third-order valence-electron chi connectivity index (χ3n) is 3.43. The van der Waals surface area contributed by atoms with Crippen LogP contribution in [0, 0.1) is 0 Å². The van der Waals surface area contributed by atoms with Crippen LogP contribution in [0.2, 0.25) is 0 Å². The molecule has 104 valence electrons. The van der Waals surface area contributed by atoms with Crippen LogP contribution in [0.1, 0.15) is 27.7 Å². The molecule has 3 aliphatic heterocycles. The first-order valence-corrected chi connectivity index (χ1v) is 6.29. The van der Waals surface area contributed by atoms with Crippen molar-refractivity contribution in [3.63, 3.8) is 0 Å². The van der Waals surface area contributed by atoms with Gasteiger partial charge in [-0.3, -0.25) is 0 Å². The summed E-state index contributed by atoms with van der Waals surface area (Å²) >= 11 is 0. The van der Waals surface area contributed by atoms with Gasteiger partial charge < -0.3 is 28.8 Å². The highest BCUT2D eigenvalue weighted by Crippen LogP contribution is 2.43. The molecule has 0 spiro atoms. The van der Waals surface area contributed by atoms with E-state index in [2.05, 4.69) is 0 Å². The molecule has 0 amide bonds. The maximum Gasteiger partial charge on any atom is 0.190 e. The van der Waals surface area contributed by atoms with Crippen LogP contribution in [0.25, 0.3) is 0 Å². The lowest BCUT2D eigenvalue weighted by Crippen LogP contribution is -2.56. The van der Waals surface area contributed by atoms with Crippen molar-refractivity contribution in [2.24, 2.45) is 0 Å². The van der Waals surface area contributed by atoms with E-state index < -0.39 is 24.0 Å². The van der Waals surface area contributed by atoms with E-state index in [1.807, 2.05) is 27.7 Å². The molecule has 0 aliphatic carbocycles. The van der Waals surface area contributed by atoms with Crippen LogP contribution >= 0.6 is 0 Å². The third-order valence-corrected chi connectivity index (χ3v) is 3.43. The molecular formula is C12H20O6. The zero-order valence-corrected chi connectivity index (χ0v) is 11.1. The summed E-state index contributed by atoms with van der Waals surface area (Å²) in [6.07, 6.45) is -1.90. The first kappa shape index (κ1) is 12.8. The van der Waals surface area contributed by atoms with Crippen molar-refractivity contribution in [1.29, 1.82) is 0 Å². The van der Waals surface area contributed by atoms with Gasteiger partial charge in [0.1, 0.15) is 24.4 Å². The lowest BCUT2D eigenvalue weighted by molar-refractivity contribution is -0.240. The van der Waals surface area contributed by atoms with Crippen molar-refractivity contribution in [3.05, 3.63) is 0 Å². The SMILES string of the molecule is CC1(C)OC2[C@H](O[C@H](CO)[C@@H]3OC(C)(C)O[C@H]23)O1. The molecule has 0 radical (unpaired) electrons. The minimum Gasteiger partial charge on any atom is -0.394 e. The summed E-state index contributed by atoms with van der Waals surface area (Å²) in [6.45, 7) is 7.22. The van der Waals surface area contributed by atoms with Gasteiger partial charge in [0.15, 0.2) is 17.9 Å². The number of hydrogen-bond donors (Lipinski definition) is 1. The fourth-order valence-corrected chi connectivity index (χ4v) is 2.84. The van der Waals surface area contributed by atoms with Gasteiger partial charge in [-0.2, -0.15) is 0 Å². The Hall–Kier alpha value is -0.240. The maximum absolute atomic E-state index is 9.40. The van der Waals surface area contributed by atoms with Gasteiger partial charge in [0.25, 0.3) is 0 Å². The fourth-order valence-electron chi connectivity index (χ4n) is 2.84. The van der Waals surface area contributed by atoms with Crippen LogP contribution in [0.3, 0.4) is 0 Å². The smallest absolute Gasteiger partial charge is 0.190 e. The van der Waals surface area contributed by atoms with Crippen molar-refractivity contribution in [3.8, 4) is 0 Å². The van der Waals surface area contributed by atoms with E-state index in [4.69, 9.17) is 23.7 Å². The van der Waals surface area contributed by atoms with Gasteiger partial charge in [-0.05, 0) is 27.7 Å². The summed E-state index contributed by atoms with van der Waals surface area (Å²) in [5, 5.41) is 9.40. The summed E-state index contributed by atoms with van der Waals surface area (Å²) in [4.78, 5) is 0. The van der Waals surface area contributed by atoms with Crippen LogP contribution < -0.4 is 0 Å². The van der Waals surface area contributed by atoms with E-state index in [0.29, 0.717) is 0 Å². The fraction of sp³-hybridized carbons (Fsp3) is 1.00. The van der Waals surface area contributed by atoms with Crippen LogP contribution in [-0.2, 0) is 23.7 Å². The van der Waals surface area contributed by atoms with Gasteiger partial charge in [0.05, 0.1) is 6.61 Å². The molecule has 0 saturated carbocycles. The van der Waals surface area contributed by atoms with Crippen molar-refractivity contribution in [2.75, 3.05) is 6.61 Å². The van der Waals surface area contributed by atoms with Gasteiger partial charge in [-0.25, -0.2) is 0 Å². The first-order chi connectivity index (χ1) is 8.31. The maximum atomic E-state index is 9.40. The standard InChI is InChI=1S/C12H20O6/c1-11(2)15-7-6(5-13)14-10-9(8(7)16-11)17-12(3,4)18-10/h6-10,13H,5H2,1-4H3/t6-,7+,8+,9?,10-/m1/s1. The second kappa shape index (κ2) is 3.88. The Balaban J connectivity index is 1.86. The number of aliphatic hydroxyl groups is 1. The van der Waals surface area contributed by atoms with Gasteiger partial charge in [0.2, 0.25) is 0 Å². The topological polar surface area (TPSA) is 66.4 Å². The molecule has 6 nitrogen and oxygen atoms in total. The second-order valence-corrected chi connectivity index (χ2v) is 5.89. The van der Waals surface area contributed by atoms with Gasteiger partial charge in [-0.15, -0.1) is 0 Å². The molecule has 0 aromatic heterocycles. The second-order valence-electron chi connectivity index (χ2n) is 5.89. The van der Waals surface area contributed by atoms with E-state index >= 15 is 0 Å². The lowest BCUT2D eigenvalue weighted by Gasteiger charge is -2.36. The molecule has 3 heterocycles. The largest absolute Gasteiger partial charge is 0.394 e. The number of aliphatic hydroxyl groups excluding tert-OH is 1. The van der Waals surface area contributed by atoms with Crippen LogP contribution in [0.5, 0.6) is 0 Å². The van der Waals surface area contributed by atoms with Crippen molar-refractivity contribution in [1.82, 2.24) is 0 Å². The quantitative estimate of drug-likeness (QED) is 0.735. The van der Waals surface area contributed by atoms with Crippen molar-refractivity contribution >= 4 is 0 Å². The zero-order chi connectivity index (χ0) is 13.1. The summed E-state index contributed by atoms with van der Waals surface area (Å²) in [5.41, 5.74) is 0. The molecule has 5 atom stereocenters. The molecule has 1 unspecified atom stereocenters. The molecule has 1 N–H and O–H groups in total. The molecule has 3 fully saturated rings. The van der Waals surface area contributed by atoms with E-state index in [1.165, 1.54) is 0 Å². The van der Waals surface area contributed by atoms with Gasteiger partial charge >= 0.3 is 0 Å². The minimum atomic E-state index is -0.708. The predicted molar refractivity (Wildman–Crippen MR) is 59.6 cm³/mol. The Morgan fingerprint density at radius 3 is 2.06 bits per heavy atom. The molecular weight excluding hydrogens is 240 g/mol. The van der Waals surface area contributed by atoms with Crippen molar-refractivity contribution < 1.29 is 28.8 Å². The number of fused-ring (bicyclic) bond motifs is 3. The zero-order valence-electron chi connectivity index (χ0n) is 11.1. The van der Waals surface area contributed by atoms with Crippen LogP contribution in [-0.4, -0.2) is 54.0 Å². The van der Waals surface area contributed by atoms with E-state index in [1.54, 1.807) is 0 Å². The van der Waals surface area contributed by atoms with E-state index in [-0.39, 0.29) is 24.9 Å². The number of hydrogen-bond acceptors (Lipinski definition) is 6. The first-order valence-electron chi connectivity index (χ1n) is 6.29. The molecule has 6 heteroatoms. The van der Waals surface area contributed by atoms with Gasteiger partial charge in [-0.1, -0.05) is 0 Å². The Labute approximate surface area is 106 Å². The van der Waals surface area contributed by atoms with Gasteiger partial charge in [0, 0.05) is 0 Å². The summed E-state index contributed by atoms with van der Waals surface area (Å²) < 4.78 is 28.9. The summed E-state index contributed by atoms with van der Waals surface area (Å²) in [7, 11) is 0. The Morgan fingerprint density at radius 2 is 1.39 bits per heavy atom. The Morgan fingerprint density at radius 1 is 0.833 bits per heavy atom. The highest BCUT2D eigenvalue weighted by Gasteiger charge is 2.60. The van der Waals surface area contributed by atoms with Crippen LogP contribution in [0.4, 0.5) is 0 Å². The lowest BCUT2D eigenvalue weighted by atomic mass is 9.99. The molecule has 0 bridgehead atoms. The number of rotatable bonds is 1. The highest BCUT2D eigenvalue weighted by atomic mass is 16.9. The number of ether oxygens (including phenoxy) is 5. The minimum absolute atomic E-state index is 0.131. The monoisotopic (exact) mass is 260 g/mol. The normalized spacial score (nSPS) is 48.8. The third kappa shape index (κ3) is 1.97. The molecule has 3 saturated heterocycles. The Bertz CT molecular complexity index is 341. The van der Waals surface area contributed by atoms with E-state index in [0.717, 1.165) is 0 Å². The average molecular weight is 260 g/mol. The van der Waals surface area contributed by atoms with E-state index in [9.17, 15) is 5.11 Å². The Kier molecular flexibility index (Phi) is 2.75. The molecule has 0 aromatic rings. The highest BCUT2D eigenvalue weighted by molar-refractivity contribution is 4.99. The van der Waals surface area contributed by atoms with Crippen LogP contribution in [0.15, 0.2) is 0 Å². The summed E-state index contributed by atoms with van der Waals surface area (Å²) in [6, 6.07) is 0. The molecule has 0 aromatic carbocycles. The molecule has 3 aliphatic rings. The molecule has 3 rings (SSSR count). The predicted octanol–water partition coefficient (Wildman–Crippen LogP) is 0.375. The average Bonchev–Trinajstić information content (AvgIpc) is 2.71.